The molecular weight excluding hydrogens is 222 g/mol. The monoisotopic (exact) mass is 245 g/mol. The summed E-state index contributed by atoms with van der Waals surface area (Å²) in [6.45, 7) is 6.48. The van der Waals surface area contributed by atoms with E-state index < -0.39 is 11.7 Å². The summed E-state index contributed by atoms with van der Waals surface area (Å²) in [5.41, 5.74) is -0.500. The quantitative estimate of drug-likeness (QED) is 0.761. The molecule has 2 unspecified atom stereocenters. The molecule has 2 N–H and O–H groups in total. The van der Waals surface area contributed by atoms with Crippen LogP contribution in [0.4, 0.5) is 4.79 Å². The SMILES string of the molecule is CC(C)(C)OC(=O)N1CCC(O)C(CCO)C1. The van der Waals surface area contributed by atoms with Crippen molar-refractivity contribution in [2.24, 2.45) is 5.92 Å². The van der Waals surface area contributed by atoms with Crippen LogP contribution < -0.4 is 0 Å². The van der Waals surface area contributed by atoms with Crippen molar-refractivity contribution in [1.29, 1.82) is 0 Å². The van der Waals surface area contributed by atoms with Gasteiger partial charge in [0.2, 0.25) is 0 Å². The second-order valence-electron chi connectivity index (χ2n) is 5.55. The van der Waals surface area contributed by atoms with Gasteiger partial charge in [0.25, 0.3) is 0 Å². The Bertz CT molecular complexity index is 262. The maximum atomic E-state index is 11.8. The Morgan fingerprint density at radius 1 is 1.47 bits per heavy atom. The fourth-order valence-corrected chi connectivity index (χ4v) is 1.96. The van der Waals surface area contributed by atoms with E-state index in [9.17, 15) is 9.90 Å². The predicted octanol–water partition coefficient (Wildman–Crippen LogP) is 0.987. The largest absolute Gasteiger partial charge is 0.444 e. The minimum atomic E-state index is -0.500. The van der Waals surface area contributed by atoms with E-state index in [2.05, 4.69) is 0 Å². The highest BCUT2D eigenvalue weighted by molar-refractivity contribution is 5.68. The molecule has 1 saturated heterocycles. The fourth-order valence-electron chi connectivity index (χ4n) is 1.96. The number of hydrogen-bond acceptors (Lipinski definition) is 4. The first-order valence-electron chi connectivity index (χ1n) is 6.10. The van der Waals surface area contributed by atoms with Gasteiger partial charge in [0.1, 0.15) is 5.60 Å². The van der Waals surface area contributed by atoms with Gasteiger partial charge in [0.05, 0.1) is 6.10 Å². The van der Waals surface area contributed by atoms with Crippen molar-refractivity contribution in [3.05, 3.63) is 0 Å². The summed E-state index contributed by atoms with van der Waals surface area (Å²) in [5.74, 6) is -0.0544. The zero-order chi connectivity index (χ0) is 13.1. The third-order valence-corrected chi connectivity index (χ3v) is 2.85. The lowest BCUT2D eigenvalue weighted by atomic mass is 9.92. The number of rotatable bonds is 2. The van der Waals surface area contributed by atoms with Gasteiger partial charge in [0.15, 0.2) is 0 Å². The number of piperidine rings is 1. The molecule has 1 aliphatic rings. The molecule has 1 heterocycles. The average molecular weight is 245 g/mol. The van der Waals surface area contributed by atoms with Crippen LogP contribution in [0.2, 0.25) is 0 Å². The van der Waals surface area contributed by atoms with Crippen molar-refractivity contribution in [2.45, 2.75) is 45.3 Å². The van der Waals surface area contributed by atoms with Crippen LogP contribution in [-0.4, -0.2) is 52.6 Å². The summed E-state index contributed by atoms with van der Waals surface area (Å²) >= 11 is 0. The maximum absolute atomic E-state index is 11.8. The Labute approximate surface area is 102 Å². The second kappa shape index (κ2) is 5.69. The molecule has 1 aliphatic heterocycles. The van der Waals surface area contributed by atoms with E-state index in [1.165, 1.54) is 0 Å². The zero-order valence-electron chi connectivity index (χ0n) is 10.8. The smallest absolute Gasteiger partial charge is 0.410 e. The lowest BCUT2D eigenvalue weighted by Crippen LogP contribution is -2.47. The van der Waals surface area contributed by atoms with E-state index >= 15 is 0 Å². The van der Waals surface area contributed by atoms with Crippen molar-refractivity contribution in [3.63, 3.8) is 0 Å². The number of carbonyl (C=O) groups excluding carboxylic acids is 1. The van der Waals surface area contributed by atoms with Crippen molar-refractivity contribution >= 4 is 6.09 Å². The summed E-state index contributed by atoms with van der Waals surface area (Å²) in [6.07, 6.45) is 0.290. The molecule has 2 atom stereocenters. The van der Waals surface area contributed by atoms with E-state index in [-0.39, 0.29) is 18.6 Å². The Morgan fingerprint density at radius 3 is 2.65 bits per heavy atom. The number of amides is 1. The van der Waals surface area contributed by atoms with Gasteiger partial charge in [-0.2, -0.15) is 0 Å². The molecule has 0 radical (unpaired) electrons. The van der Waals surface area contributed by atoms with E-state index in [1.807, 2.05) is 20.8 Å². The summed E-state index contributed by atoms with van der Waals surface area (Å²) < 4.78 is 5.28. The van der Waals surface area contributed by atoms with E-state index in [0.717, 1.165) is 0 Å². The third-order valence-electron chi connectivity index (χ3n) is 2.85. The minimum Gasteiger partial charge on any atom is -0.444 e. The molecule has 0 aliphatic carbocycles. The molecular formula is C12H23NO4. The lowest BCUT2D eigenvalue weighted by molar-refractivity contribution is -0.0130. The zero-order valence-corrected chi connectivity index (χ0v) is 10.8. The van der Waals surface area contributed by atoms with Gasteiger partial charge in [-0.25, -0.2) is 4.79 Å². The highest BCUT2D eigenvalue weighted by atomic mass is 16.6. The summed E-state index contributed by atoms with van der Waals surface area (Å²) in [4.78, 5) is 13.4. The number of likely N-dealkylation sites (tertiary alicyclic amines) is 1. The topological polar surface area (TPSA) is 70.0 Å². The molecule has 0 spiro atoms. The van der Waals surface area contributed by atoms with Gasteiger partial charge in [-0.1, -0.05) is 0 Å². The molecule has 17 heavy (non-hydrogen) atoms. The summed E-state index contributed by atoms with van der Waals surface area (Å²) in [7, 11) is 0. The predicted molar refractivity (Wildman–Crippen MR) is 63.6 cm³/mol. The Hall–Kier alpha value is -0.810. The van der Waals surface area contributed by atoms with Crippen LogP contribution in [0.1, 0.15) is 33.6 Å². The first-order chi connectivity index (χ1) is 7.83. The normalized spacial score (nSPS) is 25.8. The highest BCUT2D eigenvalue weighted by Gasteiger charge is 2.31. The van der Waals surface area contributed by atoms with Crippen molar-refractivity contribution in [1.82, 2.24) is 4.90 Å². The number of carbonyl (C=O) groups is 1. The molecule has 0 aromatic rings. The molecule has 5 nitrogen and oxygen atoms in total. The first-order valence-corrected chi connectivity index (χ1v) is 6.10. The van der Waals surface area contributed by atoms with Crippen LogP contribution >= 0.6 is 0 Å². The number of ether oxygens (including phenoxy) is 1. The van der Waals surface area contributed by atoms with Gasteiger partial charge in [-0.3, -0.25) is 0 Å². The molecule has 0 aromatic heterocycles. The average Bonchev–Trinajstić information content (AvgIpc) is 2.19. The van der Waals surface area contributed by atoms with E-state index in [1.54, 1.807) is 4.90 Å². The van der Waals surface area contributed by atoms with Crippen molar-refractivity contribution < 1.29 is 19.7 Å². The van der Waals surface area contributed by atoms with E-state index in [4.69, 9.17) is 9.84 Å². The van der Waals surface area contributed by atoms with Gasteiger partial charge in [-0.05, 0) is 33.6 Å². The summed E-state index contributed by atoms with van der Waals surface area (Å²) in [5, 5.41) is 18.6. The standard InChI is InChI=1S/C12H23NO4/c1-12(2,3)17-11(16)13-6-4-10(15)9(8-13)5-7-14/h9-10,14-15H,4-8H2,1-3H3. The van der Waals surface area contributed by atoms with Crippen LogP contribution in [0.3, 0.4) is 0 Å². The van der Waals surface area contributed by atoms with Crippen LogP contribution in [0.5, 0.6) is 0 Å². The van der Waals surface area contributed by atoms with Gasteiger partial charge >= 0.3 is 6.09 Å². The van der Waals surface area contributed by atoms with E-state index in [0.29, 0.717) is 25.9 Å². The van der Waals surface area contributed by atoms with Crippen molar-refractivity contribution in [3.8, 4) is 0 Å². The molecule has 0 saturated carbocycles. The summed E-state index contributed by atoms with van der Waals surface area (Å²) in [6, 6.07) is 0. The maximum Gasteiger partial charge on any atom is 0.410 e. The number of aliphatic hydroxyl groups is 2. The minimum absolute atomic E-state index is 0.0316. The lowest BCUT2D eigenvalue weighted by Gasteiger charge is -2.36. The molecule has 1 amide bonds. The van der Waals surface area contributed by atoms with Gasteiger partial charge in [0, 0.05) is 25.6 Å². The van der Waals surface area contributed by atoms with Crippen LogP contribution in [0, 0.1) is 5.92 Å². The second-order valence-corrected chi connectivity index (χ2v) is 5.55. The third kappa shape index (κ3) is 4.52. The first kappa shape index (κ1) is 14.3. The van der Waals surface area contributed by atoms with Crippen molar-refractivity contribution in [2.75, 3.05) is 19.7 Å². The Kier molecular flexibility index (Phi) is 4.77. The number of nitrogens with zero attached hydrogens (tertiary/aromatic N) is 1. The molecule has 100 valence electrons. The molecule has 0 bridgehead atoms. The van der Waals surface area contributed by atoms with Gasteiger partial charge < -0.3 is 19.8 Å². The molecule has 0 aromatic carbocycles. The van der Waals surface area contributed by atoms with Crippen LogP contribution in [-0.2, 0) is 4.74 Å². The molecule has 1 rings (SSSR count). The fraction of sp³-hybridized carbons (Fsp3) is 0.917. The van der Waals surface area contributed by atoms with Crippen LogP contribution in [0.15, 0.2) is 0 Å². The Morgan fingerprint density at radius 2 is 2.12 bits per heavy atom. The van der Waals surface area contributed by atoms with Gasteiger partial charge in [-0.15, -0.1) is 0 Å². The van der Waals surface area contributed by atoms with Crippen LogP contribution in [0.25, 0.3) is 0 Å². The molecule has 5 heteroatoms. The number of hydrogen-bond donors (Lipinski definition) is 2. The molecule has 1 fully saturated rings. The highest BCUT2D eigenvalue weighted by Crippen LogP contribution is 2.21. The Balaban J connectivity index is 2.52. The number of aliphatic hydroxyl groups excluding tert-OH is 2.